The van der Waals surface area contributed by atoms with Crippen LogP contribution in [0.3, 0.4) is 0 Å². The number of hydrogen-bond acceptors (Lipinski definition) is 14. The van der Waals surface area contributed by atoms with Crippen LogP contribution in [0.1, 0.15) is 39.5 Å². The van der Waals surface area contributed by atoms with Crippen molar-refractivity contribution in [2.24, 2.45) is 0 Å². The van der Waals surface area contributed by atoms with Crippen LogP contribution in [0.25, 0.3) is 10.6 Å². The van der Waals surface area contributed by atoms with Crippen LogP contribution in [0, 0.1) is 45.2 Å². The normalized spacial score (nSPS) is 13.3. The number of carbonyl (C=O) groups is 4. The Morgan fingerprint density at radius 2 is 0.789 bits per heavy atom. The maximum Gasteiger partial charge on any atom is 0.333 e. The van der Waals surface area contributed by atoms with Crippen LogP contribution in [0.15, 0.2) is 138 Å². The fourth-order valence-corrected chi connectivity index (χ4v) is 5.05. The molecule has 0 aromatic heterocycles. The second-order valence-corrected chi connectivity index (χ2v) is 13.0. The first-order valence-corrected chi connectivity index (χ1v) is 20.9. The first-order valence-electron chi connectivity index (χ1n) is 20.9. The molecule has 4 aliphatic heterocycles. The molecule has 4 N–H and O–H groups in total. The third kappa shape index (κ3) is 37.2. The quantitative estimate of drug-likeness (QED) is 0.0746. The van der Waals surface area contributed by atoms with Crippen molar-refractivity contribution in [1.82, 2.24) is 10.6 Å². The maximum atomic E-state index is 10.8. The molecule has 0 spiro atoms. The van der Waals surface area contributed by atoms with E-state index in [0.717, 1.165) is 50.2 Å². The summed E-state index contributed by atoms with van der Waals surface area (Å²) in [7, 11) is 2.81. The molecule has 0 unspecified atom stereocenters. The van der Waals surface area contributed by atoms with E-state index in [0.29, 0.717) is 50.2 Å². The summed E-state index contributed by atoms with van der Waals surface area (Å²) in [5.41, 5.74) is 3.00. The number of nitro groups is 3. The number of methoxy groups -OCH3 is 2. The Morgan fingerprint density at radius 1 is 0.507 bits per heavy atom. The Hall–Kier alpha value is -5.25. The van der Waals surface area contributed by atoms with E-state index >= 15 is 0 Å². The van der Waals surface area contributed by atoms with Gasteiger partial charge >= 0.3 is 23.9 Å². The summed E-state index contributed by atoms with van der Waals surface area (Å²) in [6, 6.07) is 23.8. The molecule has 3 aromatic carbocycles. The van der Waals surface area contributed by atoms with Gasteiger partial charge in [0.15, 0.2) is 0 Å². The Bertz CT molecular complexity index is 1900. The zero-order valence-electron chi connectivity index (χ0n) is 41.1. The minimum absolute atomic E-state index is 0. The number of nitro benzene ring substituents is 3. The van der Waals surface area contributed by atoms with Crippen molar-refractivity contribution in [2.75, 3.05) is 66.6 Å². The molecule has 21 nitrogen and oxygen atoms in total. The molecule has 0 atom stereocenters. The molecule has 0 amide bonds. The molecule has 0 aliphatic carbocycles. The van der Waals surface area contributed by atoms with Gasteiger partial charge in [-0.1, -0.05) is 92.7 Å². The van der Waals surface area contributed by atoms with Gasteiger partial charge in [-0.2, -0.15) is 0 Å². The number of hydrogen-bond donors (Lipinski definition) is 4. The first-order chi connectivity index (χ1) is 32.2. The summed E-state index contributed by atoms with van der Waals surface area (Å²) in [5.74, 6) is -1.99. The van der Waals surface area contributed by atoms with Crippen molar-refractivity contribution >= 4 is 40.9 Å². The number of carboxylic acids is 2. The number of para-hydroxylation sites is 3. The van der Waals surface area contributed by atoms with E-state index in [1.54, 1.807) is 66.7 Å². The van der Waals surface area contributed by atoms with Crippen molar-refractivity contribution in [3.8, 4) is 0 Å². The van der Waals surface area contributed by atoms with Gasteiger partial charge in [0.05, 0.1) is 29.0 Å². The number of non-ortho nitro benzene ring substituents is 3. The summed E-state index contributed by atoms with van der Waals surface area (Å²) in [6.07, 6.45) is 9.81. The minimum atomic E-state index is -0.801. The van der Waals surface area contributed by atoms with Gasteiger partial charge in [0.2, 0.25) is 0 Å². The first kappa shape index (κ1) is 74.7. The topological polar surface area (TPSA) is 309 Å². The second kappa shape index (κ2) is 48.4. The van der Waals surface area contributed by atoms with E-state index < -0.39 is 26.7 Å². The van der Waals surface area contributed by atoms with E-state index in [9.17, 15) is 49.5 Å². The van der Waals surface area contributed by atoms with Crippen molar-refractivity contribution in [2.45, 2.75) is 39.5 Å². The molecule has 2 radical (unpaired) electrons. The van der Waals surface area contributed by atoms with Crippen molar-refractivity contribution in [3.05, 3.63) is 193 Å². The molecule has 0 saturated carbocycles. The predicted molar refractivity (Wildman–Crippen MR) is 265 cm³/mol. The fraction of sp³-hybridized carbons (Fsp3) is 0.333. The Kier molecular flexibility index (Phi) is 50.9. The fourth-order valence-electron chi connectivity index (χ4n) is 5.05. The maximum absolute atomic E-state index is 10.8. The zero-order chi connectivity index (χ0) is 50.2. The van der Waals surface area contributed by atoms with Crippen LogP contribution in [0.4, 0.5) is 17.1 Å². The van der Waals surface area contributed by atoms with E-state index in [1.807, 2.05) is 26.0 Å². The molecule has 0 fully saturated rings. The number of carboxylic acid groups (broad SMARTS) is 2. The van der Waals surface area contributed by atoms with Crippen LogP contribution >= 0.6 is 0 Å². The summed E-state index contributed by atoms with van der Waals surface area (Å²) < 4.78 is 9.10. The van der Waals surface area contributed by atoms with E-state index in [-0.39, 0.29) is 109 Å². The molecule has 4 aliphatic rings. The van der Waals surface area contributed by atoms with Crippen LogP contribution in [-0.4, -0.2) is 115 Å². The minimum Gasteiger partial charge on any atom is -0.659 e. The molecule has 7 rings (SSSR count). The van der Waals surface area contributed by atoms with Crippen LogP contribution < -0.4 is 10.6 Å². The number of aliphatic carboxylic acids is 2. The van der Waals surface area contributed by atoms with Crippen molar-refractivity contribution < 1.29 is 119 Å². The number of benzene rings is 3. The van der Waals surface area contributed by atoms with Crippen molar-refractivity contribution in [1.29, 1.82) is 0 Å². The standard InChI is InChI=1S/C7H11NO2.C7H10NO2.C6H9NO2.C6H8NO2.3C6H5NO2.C2H6.2CH3.2Y/c2*1-10-7(9)6-2-4-8-5-3-6;2*8-6(9)5-1-3-7-4-2-5;3*8-7(9)6-4-2-1-3-5-6;1-2;;;;/h2,8H,3-5H2,1H3;2H,3-5H2,1H3;1,7H,2-4H2,(H,8,9);1H,2-4H2,(H,8,9);3*1-5H;1-2H3;2*1H3;;/q;-1;;-1;;;;;2*-1;;. The Labute approximate surface area is 466 Å². The smallest absolute Gasteiger partial charge is 0.333 e. The number of ether oxygens (including phenoxy) is 2. The average Bonchev–Trinajstić information content (AvgIpc) is 3.39. The molecule has 386 valence electrons. The molecular weight excluding hydrogens is 1080 g/mol. The molecule has 71 heavy (non-hydrogen) atoms. The molecule has 23 heteroatoms. The van der Waals surface area contributed by atoms with E-state index in [2.05, 4.69) is 30.7 Å². The Balaban J connectivity index is -0.000000235. The number of carbonyl (C=O) groups excluding carboxylic acids is 2. The number of esters is 2. The van der Waals surface area contributed by atoms with E-state index in [1.165, 1.54) is 50.6 Å². The van der Waals surface area contributed by atoms with Crippen LogP contribution in [-0.2, 0) is 94.1 Å². The monoisotopic (exact) mass is 1140 g/mol. The molecule has 0 saturated heterocycles. The molecular formula is C48H65N7O14Y2-4. The summed E-state index contributed by atoms with van der Waals surface area (Å²) in [6.45, 7) is 9.79. The third-order valence-electron chi connectivity index (χ3n) is 8.49. The zero-order valence-corrected chi connectivity index (χ0v) is 46.8. The predicted octanol–water partition coefficient (Wildman–Crippen LogP) is 8.41. The van der Waals surface area contributed by atoms with E-state index in [4.69, 9.17) is 10.2 Å². The average molecular weight is 1140 g/mol. The SMILES string of the molecule is CC.COC(=O)C1=CCNCC1.COC(=O)C1=CC[N-]CC1.O=C(O)C1=CCNCC1.O=C(O)C1=CC[N-]CC1.O=[N+]([O-])c1ccccc1.O=[N+]([O-])c1ccccc1.O=[N+]([O-])c1ccccc1.[CH3-].[CH3-].[Y].[Y]. The summed E-state index contributed by atoms with van der Waals surface area (Å²) in [4.78, 5) is 71.0. The van der Waals surface area contributed by atoms with Gasteiger partial charge < -0.3 is 55.8 Å². The van der Waals surface area contributed by atoms with Crippen molar-refractivity contribution in [3.63, 3.8) is 0 Å². The number of rotatable bonds is 7. The van der Waals surface area contributed by atoms with Gasteiger partial charge in [-0.15, -0.1) is 26.2 Å². The Morgan fingerprint density at radius 3 is 0.986 bits per heavy atom. The van der Waals surface area contributed by atoms with Gasteiger partial charge in [0, 0.05) is 137 Å². The second-order valence-electron chi connectivity index (χ2n) is 13.0. The van der Waals surface area contributed by atoms with Gasteiger partial charge in [-0.25, -0.2) is 19.2 Å². The molecule has 3 aromatic rings. The number of nitrogens with one attached hydrogen (secondary N) is 2. The van der Waals surface area contributed by atoms with Crippen LogP contribution in [0.2, 0.25) is 0 Å². The van der Waals surface area contributed by atoms with Gasteiger partial charge in [-0.3, -0.25) is 30.3 Å². The summed E-state index contributed by atoms with van der Waals surface area (Å²) >= 11 is 0. The van der Waals surface area contributed by atoms with Gasteiger partial charge in [-0.05, 0) is 38.8 Å². The molecule has 0 bridgehead atoms. The largest absolute Gasteiger partial charge is 0.659 e. The van der Waals surface area contributed by atoms with Gasteiger partial charge in [0.25, 0.3) is 17.1 Å². The summed E-state index contributed by atoms with van der Waals surface area (Å²) in [5, 5.41) is 61.1. The molecule has 4 heterocycles. The third-order valence-corrected chi connectivity index (χ3v) is 8.49. The number of nitrogens with zero attached hydrogens (tertiary/aromatic N) is 5. The van der Waals surface area contributed by atoms with Crippen LogP contribution in [0.5, 0.6) is 0 Å². The van der Waals surface area contributed by atoms with Gasteiger partial charge in [0.1, 0.15) is 0 Å².